The van der Waals surface area contributed by atoms with Crippen LogP contribution in [0.1, 0.15) is 6.92 Å². The van der Waals surface area contributed by atoms with Crippen molar-refractivity contribution in [2.24, 2.45) is 0 Å². The van der Waals surface area contributed by atoms with Gasteiger partial charge in [-0.1, -0.05) is 12.1 Å². The average Bonchev–Trinajstić information content (AvgIpc) is 2.45. The first-order valence-corrected chi connectivity index (χ1v) is 6.52. The molecule has 3 rings (SSSR count). The van der Waals surface area contributed by atoms with Crippen molar-refractivity contribution in [2.75, 3.05) is 19.7 Å². The Kier molecular flexibility index (Phi) is 3.57. The highest BCUT2D eigenvalue weighted by atomic mass is 16.5. The van der Waals surface area contributed by atoms with Crippen molar-refractivity contribution < 1.29 is 9.47 Å². The van der Waals surface area contributed by atoms with E-state index < -0.39 is 0 Å². The minimum atomic E-state index is 0.0793. The molecule has 1 aliphatic heterocycles. The Bertz CT molecular complexity index is 556. The van der Waals surface area contributed by atoms with Gasteiger partial charge in [0.05, 0.1) is 17.8 Å². The van der Waals surface area contributed by atoms with Crippen LogP contribution in [0.15, 0.2) is 30.5 Å². The third-order valence-corrected chi connectivity index (χ3v) is 3.16. The summed E-state index contributed by atoms with van der Waals surface area (Å²) < 4.78 is 11.6. The quantitative estimate of drug-likeness (QED) is 0.902. The number of ether oxygens (including phenoxy) is 2. The molecule has 1 N–H and O–H groups in total. The zero-order valence-electron chi connectivity index (χ0n) is 10.9. The third-order valence-electron chi connectivity index (χ3n) is 3.16. The molecule has 0 bridgehead atoms. The van der Waals surface area contributed by atoms with Crippen molar-refractivity contribution >= 4 is 10.9 Å². The fourth-order valence-electron chi connectivity index (χ4n) is 2.25. The van der Waals surface area contributed by atoms with Crippen molar-refractivity contribution in [1.82, 2.24) is 15.5 Å². The van der Waals surface area contributed by atoms with Crippen molar-refractivity contribution in [3.05, 3.63) is 30.5 Å². The minimum absolute atomic E-state index is 0.0793. The van der Waals surface area contributed by atoms with Gasteiger partial charge in [0.15, 0.2) is 0 Å². The molecule has 1 aromatic heterocycles. The van der Waals surface area contributed by atoms with Crippen LogP contribution in [0.5, 0.6) is 5.75 Å². The zero-order valence-corrected chi connectivity index (χ0v) is 10.9. The van der Waals surface area contributed by atoms with E-state index in [1.165, 1.54) is 0 Å². The maximum absolute atomic E-state index is 5.84. The average molecular weight is 259 g/mol. The van der Waals surface area contributed by atoms with Crippen LogP contribution in [0.4, 0.5) is 0 Å². The van der Waals surface area contributed by atoms with Gasteiger partial charge in [-0.2, -0.15) is 10.2 Å². The fraction of sp³-hybridized carbons (Fsp3) is 0.429. The lowest BCUT2D eigenvalue weighted by molar-refractivity contribution is -0.0468. The molecule has 1 fully saturated rings. The molecular formula is C14H17N3O2. The molecule has 0 spiro atoms. The Morgan fingerprint density at radius 2 is 2.26 bits per heavy atom. The lowest BCUT2D eigenvalue weighted by atomic mass is 10.2. The molecule has 5 nitrogen and oxygen atoms in total. The highest BCUT2D eigenvalue weighted by molar-refractivity contribution is 5.83. The predicted molar refractivity (Wildman–Crippen MR) is 72.2 cm³/mol. The Morgan fingerprint density at radius 1 is 1.37 bits per heavy atom. The summed E-state index contributed by atoms with van der Waals surface area (Å²) in [7, 11) is 0. The summed E-state index contributed by atoms with van der Waals surface area (Å²) in [5, 5.41) is 12.3. The molecule has 1 aliphatic rings. The summed E-state index contributed by atoms with van der Waals surface area (Å²) in [5.74, 6) is 0.757. The van der Waals surface area contributed by atoms with Gasteiger partial charge < -0.3 is 14.8 Å². The Morgan fingerprint density at radius 3 is 3.16 bits per heavy atom. The monoisotopic (exact) mass is 259 g/mol. The molecule has 2 aromatic rings. The lowest BCUT2D eigenvalue weighted by Crippen LogP contribution is -2.45. The predicted octanol–water partition coefficient (Wildman–Crippen LogP) is 1.39. The first-order valence-electron chi connectivity index (χ1n) is 6.52. The van der Waals surface area contributed by atoms with Crippen LogP contribution in [-0.4, -0.2) is 42.1 Å². The summed E-state index contributed by atoms with van der Waals surface area (Å²) in [6, 6.07) is 7.83. The second kappa shape index (κ2) is 5.50. The zero-order chi connectivity index (χ0) is 13.1. The van der Waals surface area contributed by atoms with Gasteiger partial charge in [-0.15, -0.1) is 0 Å². The third kappa shape index (κ3) is 2.83. The normalized spacial score (nSPS) is 23.4. The van der Waals surface area contributed by atoms with Gasteiger partial charge in [0.1, 0.15) is 18.5 Å². The van der Waals surface area contributed by atoms with Gasteiger partial charge in [0.25, 0.3) is 0 Å². The van der Waals surface area contributed by atoms with E-state index in [-0.39, 0.29) is 12.2 Å². The van der Waals surface area contributed by atoms with Crippen LogP contribution in [0.25, 0.3) is 10.9 Å². The smallest absolute Gasteiger partial charge is 0.149 e. The summed E-state index contributed by atoms with van der Waals surface area (Å²) >= 11 is 0. The van der Waals surface area contributed by atoms with Gasteiger partial charge >= 0.3 is 0 Å². The highest BCUT2D eigenvalue weighted by Crippen LogP contribution is 2.22. The van der Waals surface area contributed by atoms with Gasteiger partial charge in [-0.25, -0.2) is 0 Å². The van der Waals surface area contributed by atoms with Crippen molar-refractivity contribution in [3.8, 4) is 5.75 Å². The largest absolute Gasteiger partial charge is 0.488 e. The van der Waals surface area contributed by atoms with E-state index in [0.717, 1.165) is 29.7 Å². The van der Waals surface area contributed by atoms with E-state index in [1.807, 2.05) is 24.3 Å². The van der Waals surface area contributed by atoms with Crippen molar-refractivity contribution in [3.63, 3.8) is 0 Å². The number of hydrogen-bond donors (Lipinski definition) is 1. The first-order chi connectivity index (χ1) is 9.33. The molecule has 0 radical (unpaired) electrons. The van der Waals surface area contributed by atoms with Crippen molar-refractivity contribution in [1.29, 1.82) is 0 Å². The maximum Gasteiger partial charge on any atom is 0.149 e. The highest BCUT2D eigenvalue weighted by Gasteiger charge is 2.19. The second-order valence-electron chi connectivity index (χ2n) is 4.76. The van der Waals surface area contributed by atoms with Crippen LogP contribution >= 0.6 is 0 Å². The summed E-state index contributed by atoms with van der Waals surface area (Å²) in [6.07, 6.45) is 1.97. The minimum Gasteiger partial charge on any atom is -0.488 e. The van der Waals surface area contributed by atoms with Gasteiger partial charge in [0.2, 0.25) is 0 Å². The SMILES string of the molecule is CC1CNCC(COc2cnnc3ccccc23)O1. The topological polar surface area (TPSA) is 56.3 Å². The van der Waals surface area contributed by atoms with E-state index in [4.69, 9.17) is 9.47 Å². The number of hydrogen-bond acceptors (Lipinski definition) is 5. The standard InChI is InChI=1S/C14H17N3O2/c1-10-6-15-7-11(19-10)9-18-14-8-16-17-13-5-3-2-4-12(13)14/h2-5,8,10-11,15H,6-7,9H2,1H3. The number of benzene rings is 1. The molecule has 1 saturated heterocycles. The molecule has 5 heteroatoms. The van der Waals surface area contributed by atoms with Crippen LogP contribution in [-0.2, 0) is 4.74 Å². The number of nitrogens with zero attached hydrogens (tertiary/aromatic N) is 2. The molecular weight excluding hydrogens is 242 g/mol. The van der Waals surface area contributed by atoms with Crippen LogP contribution < -0.4 is 10.1 Å². The summed E-state index contributed by atoms with van der Waals surface area (Å²) in [4.78, 5) is 0. The Labute approximate surface area is 111 Å². The number of morpholine rings is 1. The summed E-state index contributed by atoms with van der Waals surface area (Å²) in [5.41, 5.74) is 0.844. The molecule has 19 heavy (non-hydrogen) atoms. The fourth-order valence-corrected chi connectivity index (χ4v) is 2.25. The number of fused-ring (bicyclic) bond motifs is 1. The van der Waals surface area contributed by atoms with Crippen LogP contribution in [0.3, 0.4) is 0 Å². The molecule has 2 heterocycles. The van der Waals surface area contributed by atoms with Crippen LogP contribution in [0, 0.1) is 0 Å². The van der Waals surface area contributed by atoms with Crippen molar-refractivity contribution in [2.45, 2.75) is 19.1 Å². The van der Waals surface area contributed by atoms with Gasteiger partial charge in [0, 0.05) is 18.5 Å². The van der Waals surface area contributed by atoms with Crippen LogP contribution in [0.2, 0.25) is 0 Å². The van der Waals surface area contributed by atoms with E-state index in [2.05, 4.69) is 22.4 Å². The molecule has 0 aliphatic carbocycles. The molecule has 0 saturated carbocycles. The molecule has 0 amide bonds. The Hall–Kier alpha value is -1.72. The number of aromatic nitrogens is 2. The number of nitrogens with one attached hydrogen (secondary N) is 1. The lowest BCUT2D eigenvalue weighted by Gasteiger charge is -2.28. The Balaban J connectivity index is 1.71. The molecule has 1 aromatic carbocycles. The summed E-state index contributed by atoms with van der Waals surface area (Å²) in [6.45, 7) is 4.30. The van der Waals surface area contributed by atoms with E-state index in [1.54, 1.807) is 6.20 Å². The van der Waals surface area contributed by atoms with E-state index in [9.17, 15) is 0 Å². The number of rotatable bonds is 3. The second-order valence-corrected chi connectivity index (χ2v) is 4.76. The van der Waals surface area contributed by atoms with Gasteiger partial charge in [-0.3, -0.25) is 0 Å². The van der Waals surface area contributed by atoms with E-state index >= 15 is 0 Å². The molecule has 100 valence electrons. The van der Waals surface area contributed by atoms with Gasteiger partial charge in [-0.05, 0) is 19.1 Å². The first kappa shape index (κ1) is 12.3. The molecule has 2 unspecified atom stereocenters. The van der Waals surface area contributed by atoms with E-state index in [0.29, 0.717) is 6.61 Å². The molecule has 2 atom stereocenters. The maximum atomic E-state index is 5.84.